The standard InChI is InChI=1S/C30H26O2/c1-31-22-16-21-19-30(18-20-10-4-3-5-11-20)25-14-8-6-12-23(25)29(28(21)27(17-22)32-2)24-13-7-9-15-26(24)30/h3-17,29H,18-19H2,1-2H3. The van der Waals surface area contributed by atoms with Gasteiger partial charge in [-0.1, -0.05) is 78.9 Å². The molecule has 0 spiro atoms. The molecule has 7 rings (SSSR count). The van der Waals surface area contributed by atoms with Gasteiger partial charge in [0.05, 0.1) is 14.2 Å². The van der Waals surface area contributed by atoms with Gasteiger partial charge >= 0.3 is 0 Å². The molecule has 2 heteroatoms. The maximum absolute atomic E-state index is 5.96. The van der Waals surface area contributed by atoms with E-state index in [-0.39, 0.29) is 11.3 Å². The van der Waals surface area contributed by atoms with E-state index in [4.69, 9.17) is 9.47 Å². The Hall–Kier alpha value is -3.52. The summed E-state index contributed by atoms with van der Waals surface area (Å²) < 4.78 is 11.6. The highest BCUT2D eigenvalue weighted by Gasteiger charge is 2.48. The second-order valence-electron chi connectivity index (χ2n) is 8.93. The number of benzene rings is 4. The molecule has 0 aliphatic heterocycles. The molecule has 3 aliphatic carbocycles. The van der Waals surface area contributed by atoms with Crippen molar-refractivity contribution in [2.24, 2.45) is 0 Å². The van der Waals surface area contributed by atoms with E-state index in [2.05, 4.69) is 84.9 Å². The second-order valence-corrected chi connectivity index (χ2v) is 8.93. The Kier molecular flexibility index (Phi) is 4.36. The van der Waals surface area contributed by atoms with Crippen LogP contribution in [0, 0.1) is 0 Å². The summed E-state index contributed by atoms with van der Waals surface area (Å²) in [6, 6.07) is 33.2. The molecule has 4 aromatic rings. The van der Waals surface area contributed by atoms with E-state index < -0.39 is 0 Å². The van der Waals surface area contributed by atoms with Gasteiger partial charge in [0.15, 0.2) is 0 Å². The third-order valence-corrected chi connectivity index (χ3v) is 7.36. The van der Waals surface area contributed by atoms with Crippen molar-refractivity contribution in [3.63, 3.8) is 0 Å². The lowest BCUT2D eigenvalue weighted by Crippen LogP contribution is -2.37. The topological polar surface area (TPSA) is 18.5 Å². The Bertz CT molecular complexity index is 1260. The van der Waals surface area contributed by atoms with E-state index >= 15 is 0 Å². The monoisotopic (exact) mass is 418 g/mol. The predicted octanol–water partition coefficient (Wildman–Crippen LogP) is 6.28. The van der Waals surface area contributed by atoms with Crippen LogP contribution in [0.25, 0.3) is 0 Å². The van der Waals surface area contributed by atoms with Crippen LogP contribution in [0.5, 0.6) is 11.5 Å². The van der Waals surface area contributed by atoms with Crippen LogP contribution >= 0.6 is 0 Å². The predicted molar refractivity (Wildman–Crippen MR) is 128 cm³/mol. The fourth-order valence-electron chi connectivity index (χ4n) is 6.12. The zero-order chi connectivity index (χ0) is 21.7. The number of methoxy groups -OCH3 is 2. The van der Waals surface area contributed by atoms with Crippen LogP contribution in [-0.4, -0.2) is 14.2 Å². The maximum atomic E-state index is 5.96. The summed E-state index contributed by atoms with van der Waals surface area (Å²) in [6.07, 6.45) is 1.86. The molecule has 0 radical (unpaired) electrons. The molecular weight excluding hydrogens is 392 g/mol. The molecule has 0 amide bonds. The summed E-state index contributed by atoms with van der Waals surface area (Å²) >= 11 is 0. The molecule has 0 aromatic heterocycles. The van der Waals surface area contributed by atoms with Crippen LogP contribution in [-0.2, 0) is 18.3 Å². The zero-order valence-electron chi connectivity index (χ0n) is 18.5. The van der Waals surface area contributed by atoms with E-state index in [1.807, 2.05) is 6.07 Å². The summed E-state index contributed by atoms with van der Waals surface area (Å²) in [5, 5.41) is 0. The van der Waals surface area contributed by atoms with Crippen molar-refractivity contribution in [3.8, 4) is 11.5 Å². The van der Waals surface area contributed by atoms with Crippen LogP contribution < -0.4 is 9.47 Å². The van der Waals surface area contributed by atoms with Crippen molar-refractivity contribution in [2.75, 3.05) is 14.2 Å². The van der Waals surface area contributed by atoms with Gasteiger partial charge in [0, 0.05) is 23.0 Å². The second kappa shape index (κ2) is 7.27. The Labute approximate surface area is 189 Å². The lowest BCUT2D eigenvalue weighted by molar-refractivity contribution is 0.389. The number of ether oxygens (including phenoxy) is 2. The Morgan fingerprint density at radius 1 is 0.750 bits per heavy atom. The molecular formula is C30H26O2. The lowest BCUT2D eigenvalue weighted by Gasteiger charge is -2.41. The largest absolute Gasteiger partial charge is 0.497 e. The number of hydrogen-bond acceptors (Lipinski definition) is 2. The summed E-state index contributed by atoms with van der Waals surface area (Å²) in [7, 11) is 3.50. The van der Waals surface area contributed by atoms with Gasteiger partial charge in [0.2, 0.25) is 0 Å². The van der Waals surface area contributed by atoms with Crippen molar-refractivity contribution < 1.29 is 9.47 Å². The van der Waals surface area contributed by atoms with Gasteiger partial charge in [0.25, 0.3) is 0 Å². The third kappa shape index (κ3) is 2.65. The molecule has 0 heterocycles. The average Bonchev–Trinajstić information content (AvgIpc) is 3.05. The van der Waals surface area contributed by atoms with E-state index in [0.29, 0.717) is 0 Å². The van der Waals surface area contributed by atoms with Gasteiger partial charge in [-0.05, 0) is 52.3 Å². The van der Waals surface area contributed by atoms with Gasteiger partial charge in [-0.2, -0.15) is 0 Å². The summed E-state index contributed by atoms with van der Waals surface area (Å²) in [6.45, 7) is 0. The molecule has 158 valence electrons. The fraction of sp³-hybridized carbons (Fsp3) is 0.200. The molecule has 0 N–H and O–H groups in total. The molecule has 2 nitrogen and oxygen atoms in total. The first-order valence-electron chi connectivity index (χ1n) is 11.2. The Morgan fingerprint density at radius 3 is 2.00 bits per heavy atom. The van der Waals surface area contributed by atoms with E-state index in [0.717, 1.165) is 24.3 Å². The van der Waals surface area contributed by atoms with Crippen LogP contribution in [0.2, 0.25) is 0 Å². The number of hydrogen-bond donors (Lipinski definition) is 0. The van der Waals surface area contributed by atoms with Crippen molar-refractivity contribution in [2.45, 2.75) is 24.2 Å². The van der Waals surface area contributed by atoms with Crippen molar-refractivity contribution in [1.82, 2.24) is 0 Å². The number of rotatable bonds is 4. The smallest absolute Gasteiger partial charge is 0.126 e. The highest BCUT2D eigenvalue weighted by atomic mass is 16.5. The van der Waals surface area contributed by atoms with Crippen molar-refractivity contribution >= 4 is 0 Å². The molecule has 0 saturated carbocycles. The van der Waals surface area contributed by atoms with E-state index in [1.54, 1.807) is 14.2 Å². The minimum Gasteiger partial charge on any atom is -0.497 e. The van der Waals surface area contributed by atoms with Gasteiger partial charge in [0.1, 0.15) is 11.5 Å². The molecule has 3 aliphatic rings. The van der Waals surface area contributed by atoms with Crippen molar-refractivity contribution in [1.29, 1.82) is 0 Å². The highest BCUT2D eigenvalue weighted by molar-refractivity contribution is 5.68. The van der Waals surface area contributed by atoms with E-state index in [1.165, 1.54) is 38.9 Å². The van der Waals surface area contributed by atoms with Gasteiger partial charge in [-0.25, -0.2) is 0 Å². The first-order valence-corrected chi connectivity index (χ1v) is 11.2. The first-order chi connectivity index (χ1) is 15.7. The average molecular weight is 419 g/mol. The van der Waals surface area contributed by atoms with Crippen LogP contribution in [0.1, 0.15) is 44.9 Å². The Morgan fingerprint density at radius 2 is 1.38 bits per heavy atom. The quantitative estimate of drug-likeness (QED) is 0.388. The zero-order valence-corrected chi connectivity index (χ0v) is 18.5. The highest BCUT2D eigenvalue weighted by Crippen LogP contribution is 2.57. The minimum absolute atomic E-state index is 0.145. The van der Waals surface area contributed by atoms with E-state index in [9.17, 15) is 0 Å². The normalized spacial score (nSPS) is 20.0. The van der Waals surface area contributed by atoms with Gasteiger partial charge < -0.3 is 9.47 Å². The first kappa shape index (κ1) is 19.2. The molecule has 32 heavy (non-hydrogen) atoms. The summed E-state index contributed by atoms with van der Waals surface area (Å²) in [4.78, 5) is 0. The molecule has 4 aromatic carbocycles. The fourth-order valence-corrected chi connectivity index (χ4v) is 6.12. The molecule has 2 bridgehead atoms. The van der Waals surface area contributed by atoms with Crippen LogP contribution in [0.3, 0.4) is 0 Å². The van der Waals surface area contributed by atoms with Gasteiger partial charge in [-0.15, -0.1) is 0 Å². The molecule has 0 atom stereocenters. The summed E-state index contributed by atoms with van der Waals surface area (Å²) in [5.74, 6) is 1.92. The SMILES string of the molecule is COc1cc2c(c(OC)c1)C1c3ccccc3C(Cc3ccccc3)(C2)c2ccccc21. The van der Waals surface area contributed by atoms with Crippen LogP contribution in [0.15, 0.2) is 91.0 Å². The maximum Gasteiger partial charge on any atom is 0.126 e. The van der Waals surface area contributed by atoms with Gasteiger partial charge in [-0.3, -0.25) is 0 Å². The molecule has 0 fully saturated rings. The summed E-state index contributed by atoms with van der Waals surface area (Å²) in [5.41, 5.74) is 9.46. The lowest BCUT2D eigenvalue weighted by atomic mass is 9.61. The van der Waals surface area contributed by atoms with Crippen molar-refractivity contribution in [3.05, 3.63) is 130 Å². The van der Waals surface area contributed by atoms with Crippen LogP contribution in [0.4, 0.5) is 0 Å². The molecule has 0 unspecified atom stereocenters. The molecule has 0 saturated heterocycles. The Balaban J connectivity index is 1.72. The minimum atomic E-state index is -0.145. The third-order valence-electron chi connectivity index (χ3n) is 7.36.